The maximum Gasteiger partial charge on any atom is 0.191 e. The Labute approximate surface area is 201 Å². The second-order valence-electron chi connectivity index (χ2n) is 7.40. The van der Waals surface area contributed by atoms with Gasteiger partial charge in [-0.2, -0.15) is 0 Å². The number of rotatable bonds is 7. The fourth-order valence-corrected chi connectivity index (χ4v) is 4.80. The molecule has 166 valence electrons. The lowest BCUT2D eigenvalue weighted by Crippen LogP contribution is -2.44. The van der Waals surface area contributed by atoms with Gasteiger partial charge in [0, 0.05) is 24.0 Å². The molecule has 0 radical (unpaired) electrons. The highest BCUT2D eigenvalue weighted by atomic mass is 127. The first-order chi connectivity index (χ1) is 14.1. The molecule has 1 unspecified atom stereocenters. The number of thiazole rings is 1. The first-order valence-electron chi connectivity index (χ1n) is 10.4. The van der Waals surface area contributed by atoms with Gasteiger partial charge in [-0.3, -0.25) is 9.89 Å². The third-order valence-electron chi connectivity index (χ3n) is 5.43. The number of nitrogens with zero attached hydrogens (tertiary/aromatic N) is 3. The lowest BCUT2D eigenvalue weighted by Gasteiger charge is -2.35. The fourth-order valence-electron chi connectivity index (χ4n) is 3.92. The van der Waals surface area contributed by atoms with Crippen molar-refractivity contribution in [3.63, 3.8) is 0 Å². The van der Waals surface area contributed by atoms with Crippen LogP contribution < -0.4 is 15.4 Å². The third-order valence-corrected chi connectivity index (χ3v) is 6.50. The van der Waals surface area contributed by atoms with Crippen molar-refractivity contribution in [3.8, 4) is 5.75 Å². The van der Waals surface area contributed by atoms with Crippen molar-refractivity contribution in [2.75, 3.05) is 33.8 Å². The number of ether oxygens (including phenoxy) is 1. The van der Waals surface area contributed by atoms with E-state index < -0.39 is 0 Å². The Morgan fingerprint density at radius 1 is 1.20 bits per heavy atom. The zero-order chi connectivity index (χ0) is 20.6. The molecule has 1 aliphatic heterocycles. The van der Waals surface area contributed by atoms with Crippen LogP contribution in [0.5, 0.6) is 5.75 Å². The second-order valence-corrected chi connectivity index (χ2v) is 8.69. The van der Waals surface area contributed by atoms with Crippen molar-refractivity contribution in [2.24, 2.45) is 4.99 Å². The molecular weight excluding hydrogens is 509 g/mol. The molecule has 0 saturated carbocycles. The van der Waals surface area contributed by atoms with Crippen LogP contribution in [0.3, 0.4) is 0 Å². The van der Waals surface area contributed by atoms with Crippen LogP contribution >= 0.6 is 35.3 Å². The van der Waals surface area contributed by atoms with Gasteiger partial charge in [0.15, 0.2) is 5.96 Å². The number of para-hydroxylation sites is 1. The third kappa shape index (κ3) is 6.55. The molecule has 1 aliphatic rings. The normalized spacial score (nSPS) is 15.9. The fraction of sp³-hybridized carbons (Fsp3) is 0.545. The monoisotopic (exact) mass is 543 g/mol. The summed E-state index contributed by atoms with van der Waals surface area (Å²) in [5.74, 6) is 1.76. The molecule has 6 nitrogen and oxygen atoms in total. The van der Waals surface area contributed by atoms with E-state index >= 15 is 0 Å². The van der Waals surface area contributed by atoms with Crippen molar-refractivity contribution in [1.29, 1.82) is 0 Å². The summed E-state index contributed by atoms with van der Waals surface area (Å²) < 4.78 is 5.67. The van der Waals surface area contributed by atoms with E-state index in [1.165, 1.54) is 29.7 Å². The molecule has 2 heterocycles. The minimum atomic E-state index is 0. The number of methoxy groups -OCH3 is 1. The van der Waals surface area contributed by atoms with E-state index in [4.69, 9.17) is 4.74 Å². The molecular formula is C22H34IN5OS. The van der Waals surface area contributed by atoms with Gasteiger partial charge in [0.1, 0.15) is 5.75 Å². The summed E-state index contributed by atoms with van der Waals surface area (Å²) in [6.45, 7) is 7.86. The van der Waals surface area contributed by atoms with Crippen LogP contribution in [-0.4, -0.2) is 49.6 Å². The number of halogens is 1. The lowest BCUT2D eigenvalue weighted by molar-refractivity contribution is 0.161. The smallest absolute Gasteiger partial charge is 0.191 e. The molecule has 3 rings (SSSR count). The lowest BCUT2D eigenvalue weighted by atomic mass is 10.0. The van der Waals surface area contributed by atoms with E-state index in [1.807, 2.05) is 26.1 Å². The van der Waals surface area contributed by atoms with Gasteiger partial charge in [-0.15, -0.1) is 35.3 Å². The van der Waals surface area contributed by atoms with Crippen molar-refractivity contribution >= 4 is 41.3 Å². The summed E-state index contributed by atoms with van der Waals surface area (Å²) in [6.07, 6.45) is 3.82. The van der Waals surface area contributed by atoms with Gasteiger partial charge in [-0.05, 0) is 45.8 Å². The van der Waals surface area contributed by atoms with Crippen LogP contribution in [0.15, 0.2) is 29.3 Å². The standard InChI is InChI=1S/C22H33N5OS.HI/c1-16-21(29-17(2)26-16)15-25-22(23-3)24-14-19(27-12-8-5-9-13-27)18-10-6-7-11-20(18)28-4;/h6-7,10-11,19H,5,8-9,12-15H2,1-4H3,(H2,23,24,25);1H. The maximum atomic E-state index is 5.67. The average molecular weight is 544 g/mol. The van der Waals surface area contributed by atoms with Crippen LogP contribution in [0, 0.1) is 13.8 Å². The van der Waals surface area contributed by atoms with Gasteiger partial charge in [-0.25, -0.2) is 4.98 Å². The number of hydrogen-bond acceptors (Lipinski definition) is 5. The zero-order valence-electron chi connectivity index (χ0n) is 18.4. The van der Waals surface area contributed by atoms with Crippen LogP contribution in [0.1, 0.15) is 46.4 Å². The van der Waals surface area contributed by atoms with Gasteiger partial charge >= 0.3 is 0 Å². The molecule has 0 spiro atoms. The van der Waals surface area contributed by atoms with Crippen LogP contribution in [-0.2, 0) is 6.54 Å². The maximum absolute atomic E-state index is 5.67. The highest BCUT2D eigenvalue weighted by Crippen LogP contribution is 2.30. The van der Waals surface area contributed by atoms with Crippen LogP contribution in [0.25, 0.3) is 0 Å². The van der Waals surface area contributed by atoms with Crippen molar-refractivity contribution in [1.82, 2.24) is 20.5 Å². The van der Waals surface area contributed by atoms with Gasteiger partial charge in [0.2, 0.25) is 0 Å². The minimum Gasteiger partial charge on any atom is -0.496 e. The van der Waals surface area contributed by atoms with Gasteiger partial charge in [0.25, 0.3) is 0 Å². The summed E-state index contributed by atoms with van der Waals surface area (Å²) in [5, 5.41) is 8.08. The minimum absolute atomic E-state index is 0. The number of aliphatic imine (C=N–C) groups is 1. The van der Waals surface area contributed by atoms with E-state index in [9.17, 15) is 0 Å². The highest BCUT2D eigenvalue weighted by molar-refractivity contribution is 14.0. The topological polar surface area (TPSA) is 61.8 Å². The highest BCUT2D eigenvalue weighted by Gasteiger charge is 2.25. The second kappa shape index (κ2) is 12.5. The van der Waals surface area contributed by atoms with Gasteiger partial charge in [-0.1, -0.05) is 24.6 Å². The Balaban J connectivity index is 0.00000320. The Morgan fingerprint density at radius 3 is 2.57 bits per heavy atom. The molecule has 8 heteroatoms. The zero-order valence-corrected chi connectivity index (χ0v) is 21.5. The quantitative estimate of drug-likeness (QED) is 0.310. The summed E-state index contributed by atoms with van der Waals surface area (Å²) in [5.41, 5.74) is 2.32. The molecule has 1 saturated heterocycles. The Bertz CT molecular complexity index is 820. The van der Waals surface area contributed by atoms with E-state index in [0.717, 1.165) is 48.6 Å². The summed E-state index contributed by atoms with van der Waals surface area (Å²) in [4.78, 5) is 12.7. The van der Waals surface area contributed by atoms with Gasteiger partial charge < -0.3 is 15.4 Å². The number of benzene rings is 1. The van der Waals surface area contributed by atoms with E-state index in [0.29, 0.717) is 0 Å². The molecule has 30 heavy (non-hydrogen) atoms. The first kappa shape index (κ1) is 24.9. The molecule has 1 aromatic carbocycles. The molecule has 1 atom stereocenters. The van der Waals surface area contributed by atoms with E-state index in [-0.39, 0.29) is 30.0 Å². The molecule has 2 aromatic rings. The number of piperidine rings is 1. The first-order valence-corrected chi connectivity index (χ1v) is 11.2. The molecule has 0 aliphatic carbocycles. The SMILES string of the molecule is CN=C(NCc1sc(C)nc1C)NCC(c1ccccc1OC)N1CCCCC1.I. The molecule has 1 fully saturated rings. The molecule has 0 amide bonds. The number of aryl methyl sites for hydroxylation is 2. The number of aromatic nitrogens is 1. The number of nitrogens with one attached hydrogen (secondary N) is 2. The summed E-state index contributed by atoms with van der Waals surface area (Å²) in [6, 6.07) is 8.60. The number of guanidine groups is 1. The van der Waals surface area contributed by atoms with Gasteiger partial charge in [0.05, 0.1) is 30.4 Å². The average Bonchev–Trinajstić information content (AvgIpc) is 3.08. The van der Waals surface area contributed by atoms with E-state index in [1.54, 1.807) is 18.4 Å². The van der Waals surface area contributed by atoms with Crippen molar-refractivity contribution in [3.05, 3.63) is 45.4 Å². The largest absolute Gasteiger partial charge is 0.496 e. The summed E-state index contributed by atoms with van der Waals surface area (Å²) >= 11 is 1.73. The molecule has 1 aromatic heterocycles. The van der Waals surface area contributed by atoms with Crippen molar-refractivity contribution < 1.29 is 4.74 Å². The number of likely N-dealkylation sites (tertiary alicyclic amines) is 1. The molecule has 0 bridgehead atoms. The van der Waals surface area contributed by atoms with Crippen molar-refractivity contribution in [2.45, 2.75) is 45.7 Å². The van der Waals surface area contributed by atoms with E-state index in [2.05, 4.69) is 44.6 Å². The Kier molecular flexibility index (Phi) is 10.3. The summed E-state index contributed by atoms with van der Waals surface area (Å²) in [7, 11) is 3.57. The Morgan fingerprint density at radius 2 is 1.93 bits per heavy atom. The predicted octanol–water partition coefficient (Wildman–Crippen LogP) is 4.28. The predicted molar refractivity (Wildman–Crippen MR) is 136 cm³/mol. The van der Waals surface area contributed by atoms with Crippen LogP contribution in [0.4, 0.5) is 0 Å². The molecule has 2 N–H and O–H groups in total. The number of hydrogen-bond donors (Lipinski definition) is 2. The van der Waals surface area contributed by atoms with Crippen LogP contribution in [0.2, 0.25) is 0 Å². The Hall–Kier alpha value is -1.39.